The minimum Gasteiger partial charge on any atom is -0.481 e. The third-order valence-electron chi connectivity index (χ3n) is 3.04. The summed E-state index contributed by atoms with van der Waals surface area (Å²) in [5, 5.41) is 0. The molecular weight excluding hydrogens is 282 g/mol. The number of carbonyl (C=O) groups excluding carboxylic acids is 1. The molecule has 0 saturated heterocycles. The lowest BCUT2D eigenvalue weighted by Crippen LogP contribution is -2.20. The smallest absolute Gasteiger partial charge is 0.328 e. The van der Waals surface area contributed by atoms with Crippen molar-refractivity contribution in [3.05, 3.63) is 18.0 Å². The van der Waals surface area contributed by atoms with E-state index in [4.69, 9.17) is 21.1 Å². The first kappa shape index (κ1) is 14.6. The lowest BCUT2D eigenvalue weighted by molar-refractivity contribution is -0.144. The van der Waals surface area contributed by atoms with Crippen molar-refractivity contribution in [2.75, 3.05) is 20.1 Å². The zero-order valence-corrected chi connectivity index (χ0v) is 12.3. The number of hydrogen-bond donors (Lipinski definition) is 0. The molecule has 7 heteroatoms. The van der Waals surface area contributed by atoms with Crippen LogP contribution in [0.3, 0.4) is 0 Å². The summed E-state index contributed by atoms with van der Waals surface area (Å²) in [7, 11) is 2.89. The Morgan fingerprint density at radius 1 is 1.40 bits per heavy atom. The molecule has 108 valence electrons. The maximum atomic E-state index is 11.8. The minimum atomic E-state index is -0.525. The number of fused-ring (bicyclic) bond motifs is 1. The number of ether oxygens (including phenoxy) is 2. The highest BCUT2D eigenvalue weighted by Gasteiger charge is 2.23. The number of hydrogen-bond acceptors (Lipinski definition) is 5. The number of nitrogens with zero attached hydrogens (tertiary/aromatic N) is 3. The van der Waals surface area contributed by atoms with Gasteiger partial charge in [0, 0.05) is 18.4 Å². The van der Waals surface area contributed by atoms with Crippen LogP contribution in [0.15, 0.2) is 12.1 Å². The summed E-state index contributed by atoms with van der Waals surface area (Å²) in [6.45, 7) is 1.74. The number of aromatic nitrogens is 3. The molecule has 0 radical (unpaired) electrons. The fourth-order valence-electron chi connectivity index (χ4n) is 2.06. The second-order valence-corrected chi connectivity index (χ2v) is 4.61. The molecule has 0 saturated carbocycles. The summed E-state index contributed by atoms with van der Waals surface area (Å²) in [5.74, 6) is 1.22. The number of halogens is 1. The van der Waals surface area contributed by atoms with E-state index in [-0.39, 0.29) is 5.97 Å². The van der Waals surface area contributed by atoms with Crippen LogP contribution in [0.1, 0.15) is 18.8 Å². The summed E-state index contributed by atoms with van der Waals surface area (Å²) in [6, 6.07) is 3.01. The summed E-state index contributed by atoms with van der Waals surface area (Å²) >= 11 is 5.80. The fraction of sp³-hybridized carbons (Fsp3) is 0.462. The molecule has 20 heavy (non-hydrogen) atoms. The summed E-state index contributed by atoms with van der Waals surface area (Å²) in [4.78, 5) is 20.6. The highest BCUT2D eigenvalue weighted by atomic mass is 35.5. The van der Waals surface area contributed by atoms with Gasteiger partial charge in [0.15, 0.2) is 5.65 Å². The van der Waals surface area contributed by atoms with E-state index >= 15 is 0 Å². The Morgan fingerprint density at radius 2 is 2.15 bits per heavy atom. The third-order valence-corrected chi connectivity index (χ3v) is 3.23. The van der Waals surface area contributed by atoms with Crippen LogP contribution in [0.2, 0.25) is 0 Å². The Balaban J connectivity index is 2.62. The molecule has 0 aromatic carbocycles. The Bertz CT molecular complexity index is 627. The normalized spacial score (nSPS) is 12.4. The maximum Gasteiger partial charge on any atom is 0.328 e. The van der Waals surface area contributed by atoms with Gasteiger partial charge in [0.05, 0.1) is 14.2 Å². The van der Waals surface area contributed by atoms with Crippen molar-refractivity contribution in [2.24, 2.45) is 0 Å². The molecule has 0 amide bonds. The van der Waals surface area contributed by atoms with E-state index in [1.165, 1.54) is 14.2 Å². The van der Waals surface area contributed by atoms with Gasteiger partial charge in [-0.05, 0) is 13.0 Å². The van der Waals surface area contributed by atoms with Gasteiger partial charge >= 0.3 is 5.97 Å². The number of esters is 1. The molecule has 0 aliphatic carbocycles. The van der Waals surface area contributed by atoms with Gasteiger partial charge < -0.3 is 9.47 Å². The summed E-state index contributed by atoms with van der Waals surface area (Å²) < 4.78 is 11.7. The van der Waals surface area contributed by atoms with Gasteiger partial charge in [-0.25, -0.2) is 9.78 Å². The first-order chi connectivity index (χ1) is 9.62. The van der Waals surface area contributed by atoms with E-state index < -0.39 is 6.04 Å². The first-order valence-electron chi connectivity index (χ1n) is 6.18. The van der Waals surface area contributed by atoms with E-state index in [0.717, 1.165) is 0 Å². The molecular formula is C13H16ClN3O3. The average Bonchev–Trinajstić information content (AvgIpc) is 2.82. The summed E-state index contributed by atoms with van der Waals surface area (Å²) in [5.41, 5.74) is 1.28. The van der Waals surface area contributed by atoms with Crippen LogP contribution in [0.5, 0.6) is 5.88 Å². The van der Waals surface area contributed by atoms with Crippen LogP contribution in [0.25, 0.3) is 11.2 Å². The van der Waals surface area contributed by atoms with Crippen molar-refractivity contribution in [3.8, 4) is 5.88 Å². The van der Waals surface area contributed by atoms with Gasteiger partial charge in [0.25, 0.3) is 0 Å². The number of carbonyl (C=O) groups is 1. The number of imidazole rings is 1. The van der Waals surface area contributed by atoms with Gasteiger partial charge in [-0.2, -0.15) is 4.98 Å². The third kappa shape index (κ3) is 2.56. The topological polar surface area (TPSA) is 66.2 Å². The molecule has 2 aromatic heterocycles. The lowest BCUT2D eigenvalue weighted by atomic mass is 10.3. The average molecular weight is 298 g/mol. The minimum absolute atomic E-state index is 0.357. The Labute approximate surface area is 121 Å². The fourth-order valence-corrected chi connectivity index (χ4v) is 2.23. The molecule has 0 bridgehead atoms. The molecule has 2 rings (SSSR count). The zero-order chi connectivity index (χ0) is 14.7. The second kappa shape index (κ2) is 6.09. The van der Waals surface area contributed by atoms with E-state index in [2.05, 4.69) is 9.97 Å². The summed E-state index contributed by atoms with van der Waals surface area (Å²) in [6.07, 6.45) is 0.543. The monoisotopic (exact) mass is 297 g/mol. The van der Waals surface area contributed by atoms with E-state index in [9.17, 15) is 4.79 Å². The maximum absolute atomic E-state index is 11.8. The van der Waals surface area contributed by atoms with Crippen molar-refractivity contribution in [3.63, 3.8) is 0 Å². The Morgan fingerprint density at radius 3 is 2.75 bits per heavy atom. The molecule has 1 unspecified atom stereocenters. The lowest BCUT2D eigenvalue weighted by Gasteiger charge is -2.14. The highest BCUT2D eigenvalue weighted by molar-refractivity contribution is 6.17. The van der Waals surface area contributed by atoms with Gasteiger partial charge in [-0.15, -0.1) is 11.6 Å². The molecule has 0 N–H and O–H groups in total. The standard InChI is InChI=1S/C13H16ClN3O3/c1-8(13(18)20-3)17-10(6-7-14)15-9-4-5-11(19-2)16-12(9)17/h4-5,8H,6-7H2,1-3H3. The van der Waals surface area contributed by atoms with Crippen molar-refractivity contribution < 1.29 is 14.3 Å². The van der Waals surface area contributed by atoms with Crippen molar-refractivity contribution in [1.29, 1.82) is 0 Å². The zero-order valence-electron chi connectivity index (χ0n) is 11.6. The molecule has 0 fully saturated rings. The predicted molar refractivity (Wildman–Crippen MR) is 75.2 cm³/mol. The van der Waals surface area contributed by atoms with Crippen molar-refractivity contribution >= 4 is 28.7 Å². The number of methoxy groups -OCH3 is 2. The molecule has 1 atom stereocenters. The number of rotatable bonds is 5. The van der Waals surface area contributed by atoms with Crippen LogP contribution in [0.4, 0.5) is 0 Å². The molecule has 0 spiro atoms. The quantitative estimate of drug-likeness (QED) is 0.623. The highest BCUT2D eigenvalue weighted by Crippen LogP contribution is 2.23. The predicted octanol–water partition coefficient (Wildman–Crippen LogP) is 1.96. The van der Waals surface area contributed by atoms with Gasteiger partial charge in [0.2, 0.25) is 5.88 Å². The number of alkyl halides is 1. The first-order valence-corrected chi connectivity index (χ1v) is 6.71. The van der Waals surface area contributed by atoms with Gasteiger partial charge in [-0.3, -0.25) is 4.57 Å². The van der Waals surface area contributed by atoms with Crippen molar-refractivity contribution in [1.82, 2.24) is 14.5 Å². The molecule has 6 nitrogen and oxygen atoms in total. The van der Waals surface area contributed by atoms with Crippen LogP contribution >= 0.6 is 11.6 Å². The van der Waals surface area contributed by atoms with E-state index in [0.29, 0.717) is 35.2 Å². The van der Waals surface area contributed by atoms with Gasteiger partial charge in [-0.1, -0.05) is 0 Å². The van der Waals surface area contributed by atoms with Crippen LogP contribution < -0.4 is 4.74 Å². The molecule has 0 aliphatic rings. The Hall–Kier alpha value is -1.82. The van der Waals surface area contributed by atoms with Crippen LogP contribution in [-0.4, -0.2) is 40.6 Å². The van der Waals surface area contributed by atoms with E-state index in [1.54, 1.807) is 23.6 Å². The van der Waals surface area contributed by atoms with Gasteiger partial charge in [0.1, 0.15) is 17.4 Å². The number of aryl methyl sites for hydroxylation is 1. The molecule has 2 heterocycles. The second-order valence-electron chi connectivity index (χ2n) is 4.23. The SMILES string of the molecule is COC(=O)C(C)n1c(CCCl)nc2ccc(OC)nc21. The number of pyridine rings is 1. The van der Waals surface area contributed by atoms with Crippen LogP contribution in [-0.2, 0) is 16.0 Å². The van der Waals surface area contributed by atoms with E-state index in [1.807, 2.05) is 0 Å². The largest absolute Gasteiger partial charge is 0.481 e. The molecule has 0 aliphatic heterocycles. The molecule has 2 aromatic rings. The van der Waals surface area contributed by atoms with Crippen LogP contribution in [0, 0.1) is 0 Å². The Kier molecular flexibility index (Phi) is 4.44. The van der Waals surface area contributed by atoms with Crippen molar-refractivity contribution in [2.45, 2.75) is 19.4 Å².